The van der Waals surface area contributed by atoms with E-state index in [1.54, 1.807) is 6.20 Å². The first-order chi connectivity index (χ1) is 9.16. The molecule has 1 N–H and O–H groups in total. The Bertz CT molecular complexity index is 723. The fourth-order valence-electron chi connectivity index (χ4n) is 2.37. The average Bonchev–Trinajstić information content (AvgIpc) is 2.75. The number of thioether (sulfide) groups is 1. The van der Waals surface area contributed by atoms with Crippen LogP contribution in [0.15, 0.2) is 6.20 Å². The molecule has 2 aromatic heterocycles. The quantitative estimate of drug-likeness (QED) is 0.647. The first kappa shape index (κ1) is 12.9. The second-order valence-corrected chi connectivity index (χ2v) is 6.35. The lowest BCUT2D eigenvalue weighted by Gasteiger charge is -2.31. The van der Waals surface area contributed by atoms with E-state index in [1.807, 2.05) is 16.3 Å². The van der Waals surface area contributed by atoms with Crippen LogP contribution >= 0.6 is 35.6 Å². The van der Waals surface area contributed by atoms with Crippen LogP contribution in [0.3, 0.4) is 0 Å². The van der Waals surface area contributed by atoms with E-state index in [4.69, 9.17) is 23.8 Å². The molecule has 3 heterocycles. The Morgan fingerprint density at radius 3 is 2.95 bits per heavy atom. The highest BCUT2D eigenvalue weighted by atomic mass is 35.5. The fourth-order valence-corrected chi connectivity index (χ4v) is 4.04. The van der Waals surface area contributed by atoms with E-state index in [9.17, 15) is 5.26 Å². The van der Waals surface area contributed by atoms with Gasteiger partial charge in [-0.2, -0.15) is 22.0 Å². The summed E-state index contributed by atoms with van der Waals surface area (Å²) in [5, 5.41) is 9.81. The summed E-state index contributed by atoms with van der Waals surface area (Å²) in [7, 11) is 0. The second kappa shape index (κ2) is 4.78. The maximum Gasteiger partial charge on any atom is 0.224 e. The maximum absolute atomic E-state index is 9.65. The number of hydrogen-bond donors (Lipinski definition) is 1. The number of H-pyrrole nitrogens is 1. The summed E-state index contributed by atoms with van der Waals surface area (Å²) in [5.41, 5.74) is 0.693. The van der Waals surface area contributed by atoms with E-state index in [2.05, 4.69) is 21.0 Å². The molecule has 2 aromatic rings. The van der Waals surface area contributed by atoms with Crippen LogP contribution in [-0.2, 0) is 5.54 Å². The smallest absolute Gasteiger partial charge is 0.224 e. The molecule has 8 heteroatoms. The van der Waals surface area contributed by atoms with Gasteiger partial charge in [0.25, 0.3) is 0 Å². The molecule has 0 aromatic carbocycles. The summed E-state index contributed by atoms with van der Waals surface area (Å²) in [6.45, 7) is 0. The average molecular weight is 312 g/mol. The Morgan fingerprint density at radius 2 is 2.26 bits per heavy atom. The van der Waals surface area contributed by atoms with Crippen LogP contribution in [0.5, 0.6) is 0 Å². The summed E-state index contributed by atoms with van der Waals surface area (Å²) >= 11 is 13.1. The zero-order valence-electron chi connectivity index (χ0n) is 9.89. The molecule has 0 atom stereocenters. The summed E-state index contributed by atoms with van der Waals surface area (Å²) in [6, 6.07) is 2.43. The number of aromatic amines is 1. The number of nitrogens with zero attached hydrogens (tertiary/aromatic N) is 4. The predicted molar refractivity (Wildman–Crippen MR) is 77.9 cm³/mol. The molecule has 1 aliphatic heterocycles. The molecule has 5 nitrogen and oxygen atoms in total. The molecular weight excluding hydrogens is 302 g/mol. The molecule has 0 amide bonds. The van der Waals surface area contributed by atoms with Crippen molar-refractivity contribution >= 4 is 46.7 Å². The van der Waals surface area contributed by atoms with Crippen molar-refractivity contribution < 1.29 is 0 Å². The van der Waals surface area contributed by atoms with E-state index >= 15 is 0 Å². The van der Waals surface area contributed by atoms with Crippen LogP contribution in [0.2, 0.25) is 5.28 Å². The van der Waals surface area contributed by atoms with Crippen molar-refractivity contribution in [2.24, 2.45) is 0 Å². The van der Waals surface area contributed by atoms with Gasteiger partial charge in [-0.3, -0.25) is 4.57 Å². The van der Waals surface area contributed by atoms with Gasteiger partial charge in [-0.1, -0.05) is 0 Å². The van der Waals surface area contributed by atoms with Crippen LogP contribution < -0.4 is 0 Å². The van der Waals surface area contributed by atoms with Gasteiger partial charge in [0.05, 0.1) is 12.3 Å². The highest BCUT2D eigenvalue weighted by Gasteiger charge is 2.36. The lowest BCUT2D eigenvalue weighted by Crippen LogP contribution is -2.36. The maximum atomic E-state index is 9.65. The number of rotatable bonds is 1. The highest BCUT2D eigenvalue weighted by Crippen LogP contribution is 2.35. The van der Waals surface area contributed by atoms with Crippen molar-refractivity contribution in [3.05, 3.63) is 16.3 Å². The van der Waals surface area contributed by atoms with Gasteiger partial charge in [-0.15, -0.1) is 0 Å². The molecule has 0 bridgehead atoms. The number of imidazole rings is 1. The van der Waals surface area contributed by atoms with E-state index in [-0.39, 0.29) is 5.28 Å². The van der Waals surface area contributed by atoms with Gasteiger partial charge >= 0.3 is 0 Å². The molecule has 0 unspecified atom stereocenters. The summed E-state index contributed by atoms with van der Waals surface area (Å²) < 4.78 is 2.31. The first-order valence-corrected chi connectivity index (χ1v) is 7.73. The minimum absolute atomic E-state index is 0.161. The highest BCUT2D eigenvalue weighted by molar-refractivity contribution is 7.99. The Labute approximate surface area is 124 Å². The molecule has 0 spiro atoms. The number of hydrogen-bond acceptors (Lipinski definition) is 5. The normalized spacial score (nSPS) is 18.3. The molecule has 19 heavy (non-hydrogen) atoms. The van der Waals surface area contributed by atoms with Gasteiger partial charge in [0.2, 0.25) is 5.28 Å². The van der Waals surface area contributed by atoms with Crippen molar-refractivity contribution in [1.29, 1.82) is 5.26 Å². The van der Waals surface area contributed by atoms with E-state index in [1.165, 1.54) is 0 Å². The monoisotopic (exact) mass is 311 g/mol. The van der Waals surface area contributed by atoms with Crippen molar-refractivity contribution in [2.45, 2.75) is 18.4 Å². The van der Waals surface area contributed by atoms with Crippen LogP contribution in [0.1, 0.15) is 12.8 Å². The third kappa shape index (κ3) is 2.04. The minimum Gasteiger partial charge on any atom is -0.328 e. The van der Waals surface area contributed by atoms with E-state index in [0.29, 0.717) is 15.9 Å². The van der Waals surface area contributed by atoms with Crippen molar-refractivity contribution in [1.82, 2.24) is 19.5 Å². The molecule has 1 fully saturated rings. The van der Waals surface area contributed by atoms with E-state index in [0.717, 1.165) is 24.3 Å². The minimum atomic E-state index is -0.627. The largest absolute Gasteiger partial charge is 0.328 e. The zero-order chi connectivity index (χ0) is 13.5. The van der Waals surface area contributed by atoms with Gasteiger partial charge < -0.3 is 4.98 Å². The summed E-state index contributed by atoms with van der Waals surface area (Å²) in [4.78, 5) is 11.2. The molecule has 0 saturated carbocycles. The molecule has 3 rings (SSSR count). The summed E-state index contributed by atoms with van der Waals surface area (Å²) in [5.74, 6) is 1.89. The topological polar surface area (TPSA) is 70.3 Å². The second-order valence-electron chi connectivity index (χ2n) is 4.40. The van der Waals surface area contributed by atoms with Gasteiger partial charge in [-0.25, -0.2) is 4.98 Å². The molecule has 0 radical (unpaired) electrons. The fraction of sp³-hybridized carbons (Fsp3) is 0.455. The molecule has 1 aliphatic rings. The number of halogens is 1. The van der Waals surface area contributed by atoms with Gasteiger partial charge in [0.15, 0.2) is 10.4 Å². The number of fused-ring (bicyclic) bond motifs is 1. The first-order valence-electron chi connectivity index (χ1n) is 5.79. The van der Waals surface area contributed by atoms with Crippen molar-refractivity contribution in [3.8, 4) is 6.07 Å². The Kier molecular flexibility index (Phi) is 3.25. The standard InChI is InChI=1S/C11H10ClN5S2/c12-9-14-5-7-8(16-9)17(10(18)15-7)11(6-13)1-3-19-4-2-11/h5H,1-4H2,(H,15,18). The van der Waals surface area contributed by atoms with Crippen LogP contribution in [0, 0.1) is 16.1 Å². The predicted octanol–water partition coefficient (Wildman–Crippen LogP) is 2.89. The Hall–Kier alpha value is -1.10. The van der Waals surface area contributed by atoms with Crippen LogP contribution in [0.25, 0.3) is 11.2 Å². The van der Waals surface area contributed by atoms with Crippen molar-refractivity contribution in [2.75, 3.05) is 11.5 Å². The molecule has 1 saturated heterocycles. The molecular formula is C11H10ClN5S2. The van der Waals surface area contributed by atoms with E-state index < -0.39 is 5.54 Å². The van der Waals surface area contributed by atoms with Gasteiger partial charge in [-0.05, 0) is 48.2 Å². The lowest BCUT2D eigenvalue weighted by molar-refractivity contribution is 0.358. The van der Waals surface area contributed by atoms with Crippen molar-refractivity contribution in [3.63, 3.8) is 0 Å². The Balaban J connectivity index is 2.29. The molecule has 98 valence electrons. The molecule has 0 aliphatic carbocycles. The third-order valence-corrected chi connectivity index (χ3v) is 4.80. The van der Waals surface area contributed by atoms with Crippen LogP contribution in [-0.4, -0.2) is 31.0 Å². The lowest BCUT2D eigenvalue weighted by atomic mass is 9.94. The summed E-state index contributed by atoms with van der Waals surface area (Å²) in [6.07, 6.45) is 3.12. The number of nitrogens with one attached hydrogen (secondary N) is 1. The SMILES string of the molecule is N#CC1(n2c(=S)[nH]c3cnc(Cl)nc32)CCSCC1. The zero-order valence-corrected chi connectivity index (χ0v) is 12.3. The van der Waals surface area contributed by atoms with Gasteiger partial charge in [0, 0.05) is 0 Å². The number of aromatic nitrogens is 4. The van der Waals surface area contributed by atoms with Gasteiger partial charge in [0.1, 0.15) is 11.1 Å². The van der Waals surface area contributed by atoms with Crippen LogP contribution in [0.4, 0.5) is 0 Å². The number of nitriles is 1. The third-order valence-electron chi connectivity index (χ3n) is 3.35. The Morgan fingerprint density at radius 1 is 1.53 bits per heavy atom.